The molecular weight excluding hydrogens is 234 g/mol. The summed E-state index contributed by atoms with van der Waals surface area (Å²) in [6.07, 6.45) is 4.33. The molecule has 2 nitrogen and oxygen atoms in total. The van der Waals surface area contributed by atoms with Gasteiger partial charge in [0.15, 0.2) is 0 Å². The largest absolute Gasteiger partial charge is 0.496 e. The van der Waals surface area contributed by atoms with Crippen LogP contribution in [-0.2, 0) is 0 Å². The monoisotopic (exact) mass is 259 g/mol. The number of hydrogen-bond donors (Lipinski definition) is 1. The molecular formula is C17H25NO. The fraction of sp³-hybridized carbons (Fsp3) is 0.647. The molecule has 3 rings (SSSR count). The lowest BCUT2D eigenvalue weighted by Gasteiger charge is -2.27. The molecule has 2 saturated carbocycles. The van der Waals surface area contributed by atoms with Gasteiger partial charge < -0.3 is 10.1 Å². The van der Waals surface area contributed by atoms with Gasteiger partial charge in [-0.05, 0) is 80.7 Å². The third-order valence-electron chi connectivity index (χ3n) is 5.18. The van der Waals surface area contributed by atoms with Crippen molar-refractivity contribution in [2.24, 2.45) is 17.8 Å². The molecule has 0 saturated heterocycles. The zero-order chi connectivity index (χ0) is 13.6. The Morgan fingerprint density at radius 2 is 1.79 bits per heavy atom. The summed E-state index contributed by atoms with van der Waals surface area (Å²) in [6, 6.07) is 5.02. The van der Waals surface area contributed by atoms with E-state index < -0.39 is 0 Å². The van der Waals surface area contributed by atoms with Gasteiger partial charge in [0.1, 0.15) is 5.75 Å². The van der Waals surface area contributed by atoms with Crippen LogP contribution in [0, 0.1) is 31.6 Å². The van der Waals surface area contributed by atoms with E-state index in [1.54, 1.807) is 7.11 Å². The Morgan fingerprint density at radius 1 is 1.11 bits per heavy atom. The predicted molar refractivity (Wildman–Crippen MR) is 78.6 cm³/mol. The van der Waals surface area contributed by atoms with Crippen LogP contribution in [0.4, 0.5) is 0 Å². The van der Waals surface area contributed by atoms with Crippen molar-refractivity contribution in [3.05, 3.63) is 28.8 Å². The molecule has 0 heterocycles. The molecule has 2 fully saturated rings. The number of nitrogens with one attached hydrogen (secondary N) is 1. The maximum atomic E-state index is 5.42. The topological polar surface area (TPSA) is 21.3 Å². The fourth-order valence-corrected chi connectivity index (χ4v) is 4.05. The minimum absolute atomic E-state index is 0.511. The lowest BCUT2D eigenvalue weighted by molar-refractivity contribution is 0.357. The molecule has 19 heavy (non-hydrogen) atoms. The number of aryl methyl sites for hydroxylation is 2. The Morgan fingerprint density at radius 3 is 2.37 bits per heavy atom. The molecule has 3 unspecified atom stereocenters. The van der Waals surface area contributed by atoms with Crippen molar-refractivity contribution in [2.45, 2.75) is 39.2 Å². The SMILES string of the molecule is CNC(c1cc(C)c(OC)cc1C)C1CC2CC2C1. The standard InChI is InChI=1S/C17H25NO/c1-10-6-16(19-4)11(2)5-15(10)17(18-3)14-8-12-7-13(12)9-14/h5-6,12-14,17-18H,7-9H2,1-4H3. The smallest absolute Gasteiger partial charge is 0.122 e. The van der Waals surface area contributed by atoms with Crippen molar-refractivity contribution in [3.8, 4) is 5.75 Å². The highest BCUT2D eigenvalue weighted by Crippen LogP contribution is 2.57. The highest BCUT2D eigenvalue weighted by molar-refractivity contribution is 5.43. The molecule has 0 radical (unpaired) electrons. The zero-order valence-corrected chi connectivity index (χ0v) is 12.5. The van der Waals surface area contributed by atoms with Crippen molar-refractivity contribution in [3.63, 3.8) is 0 Å². The van der Waals surface area contributed by atoms with Crippen molar-refractivity contribution < 1.29 is 4.74 Å². The Bertz CT molecular complexity index is 472. The summed E-state index contributed by atoms with van der Waals surface area (Å²) in [5.74, 6) is 3.91. The molecule has 1 N–H and O–H groups in total. The molecule has 2 aliphatic carbocycles. The van der Waals surface area contributed by atoms with Crippen LogP contribution in [0.25, 0.3) is 0 Å². The van der Waals surface area contributed by atoms with Gasteiger partial charge in [-0.25, -0.2) is 0 Å². The van der Waals surface area contributed by atoms with Crippen molar-refractivity contribution >= 4 is 0 Å². The number of fused-ring (bicyclic) bond motifs is 1. The molecule has 0 amide bonds. The summed E-state index contributed by atoms with van der Waals surface area (Å²) in [6.45, 7) is 4.35. The third-order valence-corrected chi connectivity index (χ3v) is 5.18. The van der Waals surface area contributed by atoms with Crippen LogP contribution in [0.2, 0.25) is 0 Å². The van der Waals surface area contributed by atoms with E-state index in [4.69, 9.17) is 4.74 Å². The molecule has 0 aromatic heterocycles. The van der Waals surface area contributed by atoms with Crippen LogP contribution in [0.15, 0.2) is 12.1 Å². The fourth-order valence-electron chi connectivity index (χ4n) is 4.05. The second-order valence-corrected chi connectivity index (χ2v) is 6.43. The van der Waals surface area contributed by atoms with Gasteiger partial charge in [0.05, 0.1) is 7.11 Å². The Kier molecular flexibility index (Phi) is 3.30. The predicted octanol–water partition coefficient (Wildman–Crippen LogP) is 3.62. The summed E-state index contributed by atoms with van der Waals surface area (Å²) in [5, 5.41) is 3.57. The second kappa shape index (κ2) is 4.82. The molecule has 2 heteroatoms. The highest BCUT2D eigenvalue weighted by Gasteiger charge is 2.48. The minimum atomic E-state index is 0.511. The molecule has 104 valence electrons. The van der Waals surface area contributed by atoms with Crippen LogP contribution in [0.5, 0.6) is 5.75 Å². The molecule has 0 bridgehead atoms. The van der Waals surface area contributed by atoms with Crippen molar-refractivity contribution in [1.82, 2.24) is 5.32 Å². The number of hydrogen-bond acceptors (Lipinski definition) is 2. The summed E-state index contributed by atoms with van der Waals surface area (Å²) in [4.78, 5) is 0. The van der Waals surface area contributed by atoms with Gasteiger partial charge in [-0.3, -0.25) is 0 Å². The van der Waals surface area contributed by atoms with Gasteiger partial charge in [-0.2, -0.15) is 0 Å². The van der Waals surface area contributed by atoms with Crippen molar-refractivity contribution in [2.75, 3.05) is 14.2 Å². The van der Waals surface area contributed by atoms with Gasteiger partial charge in [-0.15, -0.1) is 0 Å². The Balaban J connectivity index is 1.88. The number of benzene rings is 1. The number of methoxy groups -OCH3 is 1. The van der Waals surface area contributed by atoms with Gasteiger partial charge in [0.25, 0.3) is 0 Å². The van der Waals surface area contributed by atoms with E-state index in [0.29, 0.717) is 6.04 Å². The maximum Gasteiger partial charge on any atom is 0.122 e. The lowest BCUT2D eigenvalue weighted by atomic mass is 9.86. The third kappa shape index (κ3) is 2.27. The summed E-state index contributed by atoms with van der Waals surface area (Å²) >= 11 is 0. The van der Waals surface area contributed by atoms with E-state index >= 15 is 0 Å². The van der Waals surface area contributed by atoms with Crippen LogP contribution in [0.1, 0.15) is 42.0 Å². The first-order chi connectivity index (χ1) is 9.13. The normalized spacial score (nSPS) is 30.0. The molecule has 3 atom stereocenters. The zero-order valence-electron chi connectivity index (χ0n) is 12.5. The summed E-state index contributed by atoms with van der Waals surface area (Å²) in [5.41, 5.74) is 4.06. The average Bonchev–Trinajstić information content (AvgIpc) is 3.01. The molecule has 1 aromatic rings. The van der Waals surface area contributed by atoms with E-state index in [1.165, 1.54) is 36.0 Å². The van der Waals surface area contributed by atoms with E-state index in [2.05, 4.69) is 38.3 Å². The van der Waals surface area contributed by atoms with Gasteiger partial charge >= 0.3 is 0 Å². The van der Waals surface area contributed by atoms with Crippen LogP contribution >= 0.6 is 0 Å². The van der Waals surface area contributed by atoms with Gasteiger partial charge in [-0.1, -0.05) is 6.07 Å². The molecule has 2 aliphatic rings. The quantitative estimate of drug-likeness (QED) is 0.891. The molecule has 0 aliphatic heterocycles. The van der Waals surface area contributed by atoms with E-state index in [9.17, 15) is 0 Å². The number of ether oxygens (including phenoxy) is 1. The van der Waals surface area contributed by atoms with E-state index in [-0.39, 0.29) is 0 Å². The first kappa shape index (κ1) is 13.0. The van der Waals surface area contributed by atoms with Gasteiger partial charge in [0.2, 0.25) is 0 Å². The minimum Gasteiger partial charge on any atom is -0.496 e. The van der Waals surface area contributed by atoms with Crippen LogP contribution in [-0.4, -0.2) is 14.2 Å². The van der Waals surface area contributed by atoms with Crippen LogP contribution < -0.4 is 10.1 Å². The Hall–Kier alpha value is -1.02. The number of rotatable bonds is 4. The maximum absolute atomic E-state index is 5.42. The van der Waals surface area contributed by atoms with Gasteiger partial charge in [0, 0.05) is 6.04 Å². The van der Waals surface area contributed by atoms with Crippen LogP contribution in [0.3, 0.4) is 0 Å². The van der Waals surface area contributed by atoms with E-state index in [1.807, 2.05) is 0 Å². The first-order valence-electron chi connectivity index (χ1n) is 7.46. The Labute approximate surface area is 116 Å². The van der Waals surface area contributed by atoms with E-state index in [0.717, 1.165) is 23.5 Å². The second-order valence-electron chi connectivity index (χ2n) is 6.43. The van der Waals surface area contributed by atoms with Crippen molar-refractivity contribution in [1.29, 1.82) is 0 Å². The molecule has 0 spiro atoms. The summed E-state index contributed by atoms with van der Waals surface area (Å²) in [7, 11) is 3.86. The lowest BCUT2D eigenvalue weighted by Crippen LogP contribution is -2.25. The summed E-state index contributed by atoms with van der Waals surface area (Å²) < 4.78 is 5.42. The average molecular weight is 259 g/mol. The first-order valence-corrected chi connectivity index (χ1v) is 7.46. The highest BCUT2D eigenvalue weighted by atomic mass is 16.5. The molecule has 1 aromatic carbocycles.